The lowest BCUT2D eigenvalue weighted by Crippen LogP contribution is -1.94. The number of benzene rings is 1. The lowest BCUT2D eigenvalue weighted by Gasteiger charge is -2.03. The summed E-state index contributed by atoms with van der Waals surface area (Å²) in [6.45, 7) is 0. The van der Waals surface area contributed by atoms with Gasteiger partial charge in [-0.2, -0.15) is 4.98 Å². The van der Waals surface area contributed by atoms with Gasteiger partial charge in [-0.3, -0.25) is 4.57 Å². The van der Waals surface area contributed by atoms with Crippen LogP contribution < -0.4 is 4.74 Å². The molecule has 17 heavy (non-hydrogen) atoms. The topological polar surface area (TPSA) is 39.9 Å². The molecule has 1 aromatic carbocycles. The third-order valence-electron chi connectivity index (χ3n) is 2.54. The van der Waals surface area contributed by atoms with Crippen LogP contribution in [-0.2, 0) is 7.05 Å². The molecule has 0 N–H and O–H groups in total. The van der Waals surface area contributed by atoms with E-state index in [4.69, 9.17) is 4.74 Å². The first-order valence-corrected chi connectivity index (χ1v) is 5.35. The maximum atomic E-state index is 5.71. The molecule has 2 heterocycles. The number of pyridine rings is 1. The van der Waals surface area contributed by atoms with Gasteiger partial charge >= 0.3 is 6.01 Å². The van der Waals surface area contributed by atoms with Crippen molar-refractivity contribution >= 4 is 11.2 Å². The summed E-state index contributed by atoms with van der Waals surface area (Å²) in [5, 5.41) is 0. The highest BCUT2D eigenvalue weighted by molar-refractivity contribution is 5.71. The number of imidazole rings is 1. The van der Waals surface area contributed by atoms with E-state index in [0.29, 0.717) is 6.01 Å². The Morgan fingerprint density at radius 1 is 1.06 bits per heavy atom. The zero-order chi connectivity index (χ0) is 11.7. The zero-order valence-electron chi connectivity index (χ0n) is 9.37. The van der Waals surface area contributed by atoms with E-state index in [2.05, 4.69) is 9.97 Å². The number of fused-ring (bicyclic) bond motifs is 1. The largest absolute Gasteiger partial charge is 0.425 e. The molecule has 84 valence electrons. The molecule has 0 saturated carbocycles. The number of ether oxygens (including phenoxy) is 1. The Morgan fingerprint density at radius 3 is 2.65 bits per heavy atom. The highest BCUT2D eigenvalue weighted by Crippen LogP contribution is 2.22. The molecule has 0 fully saturated rings. The van der Waals surface area contributed by atoms with Gasteiger partial charge in [-0.15, -0.1) is 0 Å². The summed E-state index contributed by atoms with van der Waals surface area (Å²) in [4.78, 5) is 8.65. The van der Waals surface area contributed by atoms with E-state index in [9.17, 15) is 0 Å². The number of hydrogen-bond donors (Lipinski definition) is 0. The van der Waals surface area contributed by atoms with Crippen LogP contribution >= 0.6 is 0 Å². The molecule has 3 aromatic rings. The van der Waals surface area contributed by atoms with Crippen molar-refractivity contribution in [3.8, 4) is 11.8 Å². The normalized spacial score (nSPS) is 10.6. The van der Waals surface area contributed by atoms with Crippen LogP contribution in [0.25, 0.3) is 11.2 Å². The van der Waals surface area contributed by atoms with Crippen LogP contribution in [0.15, 0.2) is 48.7 Å². The van der Waals surface area contributed by atoms with Crippen LogP contribution in [0, 0.1) is 0 Å². The molecule has 0 spiro atoms. The van der Waals surface area contributed by atoms with Gasteiger partial charge in [0.05, 0.1) is 0 Å². The fourth-order valence-electron chi connectivity index (χ4n) is 1.69. The average molecular weight is 225 g/mol. The summed E-state index contributed by atoms with van der Waals surface area (Å²) < 4.78 is 7.54. The Hall–Kier alpha value is -2.36. The van der Waals surface area contributed by atoms with Crippen molar-refractivity contribution in [3.63, 3.8) is 0 Å². The molecular formula is C13H11N3O. The van der Waals surface area contributed by atoms with E-state index >= 15 is 0 Å². The minimum absolute atomic E-state index is 0.546. The summed E-state index contributed by atoms with van der Waals surface area (Å²) in [7, 11) is 1.89. The quantitative estimate of drug-likeness (QED) is 0.673. The molecule has 0 aliphatic rings. The molecule has 0 aliphatic heterocycles. The van der Waals surface area contributed by atoms with E-state index in [-0.39, 0.29) is 0 Å². The van der Waals surface area contributed by atoms with Crippen LogP contribution in [0.3, 0.4) is 0 Å². The Bertz CT molecular complexity index is 646. The van der Waals surface area contributed by atoms with E-state index in [0.717, 1.165) is 16.9 Å². The first-order valence-electron chi connectivity index (χ1n) is 5.35. The minimum atomic E-state index is 0.546. The smallest absolute Gasteiger partial charge is 0.303 e. The van der Waals surface area contributed by atoms with Gasteiger partial charge in [-0.25, -0.2) is 4.98 Å². The van der Waals surface area contributed by atoms with E-state index in [1.54, 1.807) is 6.20 Å². The lowest BCUT2D eigenvalue weighted by molar-refractivity contribution is 0.427. The molecule has 0 aliphatic carbocycles. The van der Waals surface area contributed by atoms with Crippen LogP contribution in [0.4, 0.5) is 0 Å². The van der Waals surface area contributed by atoms with Crippen LogP contribution in [0.5, 0.6) is 11.8 Å². The monoisotopic (exact) mass is 225 g/mol. The molecule has 0 atom stereocenters. The molecule has 4 nitrogen and oxygen atoms in total. The van der Waals surface area contributed by atoms with Crippen LogP contribution in [0.2, 0.25) is 0 Å². The SMILES string of the molecule is Cn1c(Oc2ccccc2)nc2cccnc21. The van der Waals surface area contributed by atoms with Crippen molar-refractivity contribution < 1.29 is 4.74 Å². The van der Waals surface area contributed by atoms with Gasteiger partial charge in [0.1, 0.15) is 11.3 Å². The summed E-state index contributed by atoms with van der Waals surface area (Å²) in [6, 6.07) is 13.9. The number of nitrogens with zero attached hydrogens (tertiary/aromatic N) is 3. The first-order chi connectivity index (χ1) is 8.34. The predicted octanol–water partition coefficient (Wildman–Crippen LogP) is 2.76. The first kappa shape index (κ1) is 9.84. The molecular weight excluding hydrogens is 214 g/mol. The van der Waals surface area contributed by atoms with Crippen LogP contribution in [-0.4, -0.2) is 14.5 Å². The van der Waals surface area contributed by atoms with Gasteiger partial charge in [-0.1, -0.05) is 18.2 Å². The number of aromatic nitrogens is 3. The Kier molecular flexibility index (Phi) is 2.26. The van der Waals surface area contributed by atoms with Gasteiger partial charge in [0, 0.05) is 13.2 Å². The third-order valence-corrected chi connectivity index (χ3v) is 2.54. The van der Waals surface area contributed by atoms with Crippen molar-refractivity contribution in [2.45, 2.75) is 0 Å². The molecule has 0 radical (unpaired) electrons. The van der Waals surface area contributed by atoms with Crippen molar-refractivity contribution in [3.05, 3.63) is 48.7 Å². The second-order valence-electron chi connectivity index (χ2n) is 3.71. The zero-order valence-corrected chi connectivity index (χ0v) is 9.37. The van der Waals surface area contributed by atoms with Crippen molar-refractivity contribution in [1.82, 2.24) is 14.5 Å². The van der Waals surface area contributed by atoms with Crippen molar-refractivity contribution in [2.24, 2.45) is 7.05 Å². The molecule has 3 rings (SSSR count). The number of hydrogen-bond acceptors (Lipinski definition) is 3. The van der Waals surface area contributed by atoms with Crippen LogP contribution in [0.1, 0.15) is 0 Å². The average Bonchev–Trinajstić information content (AvgIpc) is 2.68. The highest BCUT2D eigenvalue weighted by atomic mass is 16.5. The summed E-state index contributed by atoms with van der Waals surface area (Å²) in [5.74, 6) is 0.769. The Labute approximate surface area is 98.5 Å². The number of para-hydroxylation sites is 1. The molecule has 0 saturated heterocycles. The van der Waals surface area contributed by atoms with Gasteiger partial charge in [-0.05, 0) is 24.3 Å². The second kappa shape index (κ2) is 3.90. The summed E-state index contributed by atoms with van der Waals surface area (Å²) in [5.41, 5.74) is 1.65. The summed E-state index contributed by atoms with van der Waals surface area (Å²) in [6.07, 6.45) is 1.75. The van der Waals surface area contributed by atoms with Gasteiger partial charge < -0.3 is 4.74 Å². The molecule has 0 bridgehead atoms. The highest BCUT2D eigenvalue weighted by Gasteiger charge is 2.09. The fourth-order valence-corrected chi connectivity index (χ4v) is 1.69. The number of aryl methyl sites for hydroxylation is 1. The molecule has 0 amide bonds. The lowest BCUT2D eigenvalue weighted by atomic mass is 10.3. The summed E-state index contributed by atoms with van der Waals surface area (Å²) >= 11 is 0. The molecule has 4 heteroatoms. The van der Waals surface area contributed by atoms with E-state index in [1.807, 2.05) is 54.1 Å². The number of rotatable bonds is 2. The predicted molar refractivity (Wildman–Crippen MR) is 65.0 cm³/mol. The molecule has 0 unspecified atom stereocenters. The standard InChI is InChI=1S/C13H11N3O/c1-16-12-11(8-5-9-14-12)15-13(16)17-10-6-3-2-4-7-10/h2-9H,1H3. The second-order valence-corrected chi connectivity index (χ2v) is 3.71. The van der Waals surface area contributed by atoms with Crippen molar-refractivity contribution in [2.75, 3.05) is 0 Å². The molecule has 2 aromatic heterocycles. The Balaban J connectivity index is 2.04. The van der Waals surface area contributed by atoms with E-state index in [1.165, 1.54) is 0 Å². The third kappa shape index (κ3) is 1.73. The van der Waals surface area contributed by atoms with Gasteiger partial charge in [0.25, 0.3) is 0 Å². The Morgan fingerprint density at radius 2 is 1.88 bits per heavy atom. The van der Waals surface area contributed by atoms with Gasteiger partial charge in [0.15, 0.2) is 5.65 Å². The van der Waals surface area contributed by atoms with Crippen molar-refractivity contribution in [1.29, 1.82) is 0 Å². The maximum absolute atomic E-state index is 5.71. The minimum Gasteiger partial charge on any atom is -0.425 e. The van der Waals surface area contributed by atoms with Gasteiger partial charge in [0.2, 0.25) is 0 Å². The maximum Gasteiger partial charge on any atom is 0.303 e. The fraction of sp³-hybridized carbons (Fsp3) is 0.0769. The van der Waals surface area contributed by atoms with E-state index < -0.39 is 0 Å².